The minimum Gasteiger partial charge on any atom is -0.548 e. The smallest absolute Gasteiger partial charge is 0.254 e. The summed E-state index contributed by atoms with van der Waals surface area (Å²) in [6.07, 6.45) is 0.0134. The molecule has 0 aliphatic carbocycles. The molecule has 0 aromatic heterocycles. The van der Waals surface area contributed by atoms with Crippen LogP contribution in [0.3, 0.4) is 0 Å². The number of hydrogen-bond acceptors (Lipinski definition) is 5. The minimum atomic E-state index is -1.42. The Balaban J connectivity index is 1.82. The van der Waals surface area contributed by atoms with Crippen molar-refractivity contribution in [1.29, 1.82) is 0 Å². The van der Waals surface area contributed by atoms with Gasteiger partial charge < -0.3 is 24.7 Å². The summed E-state index contributed by atoms with van der Waals surface area (Å²) in [6, 6.07) is 16.0. The van der Waals surface area contributed by atoms with Gasteiger partial charge in [0.1, 0.15) is 11.5 Å². The second-order valence-corrected chi connectivity index (χ2v) is 7.69. The zero-order chi connectivity index (χ0) is 23.3. The van der Waals surface area contributed by atoms with Crippen molar-refractivity contribution in [3.8, 4) is 22.6 Å². The zero-order valence-electron chi connectivity index (χ0n) is 17.4. The largest absolute Gasteiger partial charge is 0.548 e. The number of halogens is 2. The van der Waals surface area contributed by atoms with Gasteiger partial charge in [0.25, 0.3) is 5.91 Å². The fourth-order valence-electron chi connectivity index (χ4n) is 3.32. The molecule has 3 rings (SSSR count). The maximum atomic E-state index is 12.6. The van der Waals surface area contributed by atoms with Crippen LogP contribution >= 0.6 is 23.2 Å². The molecule has 3 aromatic carbocycles. The number of hydrogen-bond donors (Lipinski definition) is 1. The molecule has 3 aromatic rings. The third kappa shape index (κ3) is 5.15. The van der Waals surface area contributed by atoms with Gasteiger partial charge in [-0.2, -0.15) is 0 Å². The molecular formula is C24H20Cl2NO5-. The topological polar surface area (TPSA) is 87.7 Å². The molecule has 1 amide bonds. The van der Waals surface area contributed by atoms with E-state index in [9.17, 15) is 14.7 Å². The average Bonchev–Trinajstić information content (AvgIpc) is 2.78. The molecule has 0 fully saturated rings. The molecule has 0 saturated carbocycles. The molecule has 1 N–H and O–H groups in total. The van der Waals surface area contributed by atoms with Gasteiger partial charge >= 0.3 is 0 Å². The average molecular weight is 473 g/mol. The Morgan fingerprint density at radius 3 is 1.94 bits per heavy atom. The first-order valence-electron chi connectivity index (χ1n) is 9.61. The lowest BCUT2D eigenvalue weighted by Crippen LogP contribution is -2.49. The number of aliphatic carboxylic acids is 1. The van der Waals surface area contributed by atoms with Crippen LogP contribution in [0.5, 0.6) is 11.5 Å². The van der Waals surface area contributed by atoms with Crippen molar-refractivity contribution in [2.75, 3.05) is 14.2 Å². The number of carbonyl (C=O) groups is 2. The number of carboxylic acids is 1. The Labute approximate surface area is 195 Å². The van der Waals surface area contributed by atoms with Gasteiger partial charge in [-0.25, -0.2) is 0 Å². The highest BCUT2D eigenvalue weighted by Crippen LogP contribution is 2.38. The van der Waals surface area contributed by atoms with Gasteiger partial charge in [-0.1, -0.05) is 59.6 Å². The molecule has 0 spiro atoms. The molecule has 0 bridgehead atoms. The minimum absolute atomic E-state index is 0.0134. The number of ether oxygens (including phenoxy) is 2. The summed E-state index contributed by atoms with van der Waals surface area (Å²) in [6.45, 7) is 0. The van der Waals surface area contributed by atoms with E-state index < -0.39 is 17.9 Å². The van der Waals surface area contributed by atoms with Crippen LogP contribution in [0.15, 0.2) is 60.7 Å². The van der Waals surface area contributed by atoms with Crippen LogP contribution in [0.1, 0.15) is 15.9 Å². The number of carbonyl (C=O) groups excluding carboxylic acids is 2. The standard InChI is InChI=1S/C24H21Cl2NO5/c1-31-19-7-4-8-20(32-2)21(19)15-11-9-14(10-12-15)13-18(24(29)30)27-23(28)22-16(25)5-3-6-17(22)26/h3-12,18H,13H2,1-2H3,(H,27,28)(H,29,30)/p-1/t18-/m0/s1. The van der Waals surface area contributed by atoms with Gasteiger partial charge in [0.05, 0.1) is 47.4 Å². The van der Waals surface area contributed by atoms with E-state index in [2.05, 4.69) is 5.32 Å². The molecule has 1 atom stereocenters. The van der Waals surface area contributed by atoms with E-state index in [1.54, 1.807) is 32.4 Å². The number of nitrogens with one attached hydrogen (secondary N) is 1. The van der Waals surface area contributed by atoms with Crippen molar-refractivity contribution in [3.05, 3.63) is 81.8 Å². The maximum Gasteiger partial charge on any atom is 0.254 e. The van der Waals surface area contributed by atoms with Gasteiger partial charge in [-0.15, -0.1) is 0 Å². The van der Waals surface area contributed by atoms with Crippen LogP contribution in [0.2, 0.25) is 10.0 Å². The zero-order valence-corrected chi connectivity index (χ0v) is 18.9. The first kappa shape index (κ1) is 23.4. The lowest BCUT2D eigenvalue weighted by molar-refractivity contribution is -0.308. The normalized spacial score (nSPS) is 11.5. The summed E-state index contributed by atoms with van der Waals surface area (Å²) in [5.41, 5.74) is 2.31. The first-order chi connectivity index (χ1) is 15.3. The van der Waals surface area contributed by atoms with Gasteiger partial charge in [0.15, 0.2) is 0 Å². The molecule has 0 aliphatic rings. The van der Waals surface area contributed by atoms with Gasteiger partial charge in [-0.05, 0) is 41.8 Å². The lowest BCUT2D eigenvalue weighted by atomic mass is 9.99. The van der Waals surface area contributed by atoms with Crippen LogP contribution in [-0.4, -0.2) is 32.1 Å². The molecule has 0 aliphatic heterocycles. The quantitative estimate of drug-likeness (QED) is 0.538. The highest BCUT2D eigenvalue weighted by atomic mass is 35.5. The number of rotatable bonds is 8. The Bertz CT molecular complexity index is 1090. The van der Waals surface area contributed by atoms with Gasteiger partial charge in [0.2, 0.25) is 0 Å². The van der Waals surface area contributed by atoms with Crippen molar-refractivity contribution in [3.63, 3.8) is 0 Å². The third-order valence-corrected chi connectivity index (χ3v) is 5.52. The van der Waals surface area contributed by atoms with Crippen molar-refractivity contribution >= 4 is 35.1 Å². The SMILES string of the molecule is COc1cccc(OC)c1-c1ccc(C[C@H](NC(=O)c2c(Cl)cccc2Cl)C(=O)[O-])cc1. The Kier molecular flexibility index (Phi) is 7.62. The molecule has 166 valence electrons. The maximum absolute atomic E-state index is 12.6. The summed E-state index contributed by atoms with van der Waals surface area (Å²) >= 11 is 12.1. The van der Waals surface area contributed by atoms with Gasteiger partial charge in [0, 0.05) is 0 Å². The first-order valence-corrected chi connectivity index (χ1v) is 10.4. The molecule has 32 heavy (non-hydrogen) atoms. The molecule has 0 saturated heterocycles. The molecule has 8 heteroatoms. The van der Waals surface area contributed by atoms with Crippen LogP contribution in [0.4, 0.5) is 0 Å². The molecule has 6 nitrogen and oxygen atoms in total. The second-order valence-electron chi connectivity index (χ2n) is 6.88. The van der Waals surface area contributed by atoms with E-state index in [1.807, 2.05) is 30.3 Å². The predicted molar refractivity (Wildman–Crippen MR) is 121 cm³/mol. The second kappa shape index (κ2) is 10.4. The number of amides is 1. The Morgan fingerprint density at radius 1 is 0.906 bits per heavy atom. The van der Waals surface area contributed by atoms with E-state index >= 15 is 0 Å². The van der Waals surface area contributed by atoms with Crippen LogP contribution in [0, 0.1) is 0 Å². The summed E-state index contributed by atoms with van der Waals surface area (Å²) in [5, 5.41) is 14.4. The van der Waals surface area contributed by atoms with Crippen LogP contribution < -0.4 is 19.9 Å². The highest BCUT2D eigenvalue weighted by molar-refractivity contribution is 6.39. The number of methoxy groups -OCH3 is 2. The van der Waals surface area contributed by atoms with Crippen molar-refractivity contribution in [1.82, 2.24) is 5.32 Å². The Morgan fingerprint density at radius 2 is 1.44 bits per heavy atom. The van der Waals surface area contributed by atoms with Crippen molar-refractivity contribution in [2.24, 2.45) is 0 Å². The molecule has 0 heterocycles. The number of benzene rings is 3. The summed E-state index contributed by atoms with van der Waals surface area (Å²) in [5.74, 6) is -0.815. The highest BCUT2D eigenvalue weighted by Gasteiger charge is 2.20. The van der Waals surface area contributed by atoms with E-state index in [4.69, 9.17) is 32.7 Å². The van der Waals surface area contributed by atoms with Crippen molar-refractivity contribution in [2.45, 2.75) is 12.5 Å². The molecule has 0 radical (unpaired) electrons. The summed E-state index contributed by atoms with van der Waals surface area (Å²) in [4.78, 5) is 24.2. The van der Waals surface area contributed by atoms with E-state index in [-0.39, 0.29) is 22.0 Å². The van der Waals surface area contributed by atoms with E-state index in [0.717, 1.165) is 11.1 Å². The summed E-state index contributed by atoms with van der Waals surface area (Å²) in [7, 11) is 3.15. The fourth-order valence-corrected chi connectivity index (χ4v) is 3.89. The van der Waals surface area contributed by atoms with E-state index in [0.29, 0.717) is 17.1 Å². The van der Waals surface area contributed by atoms with Crippen molar-refractivity contribution < 1.29 is 24.2 Å². The van der Waals surface area contributed by atoms with Gasteiger partial charge in [-0.3, -0.25) is 4.79 Å². The third-order valence-electron chi connectivity index (χ3n) is 4.89. The Hall–Kier alpha value is -3.22. The fraction of sp³-hybridized carbons (Fsp3) is 0.167. The number of carboxylic acid groups (broad SMARTS) is 1. The molecular weight excluding hydrogens is 453 g/mol. The molecule has 0 unspecified atom stereocenters. The summed E-state index contributed by atoms with van der Waals surface area (Å²) < 4.78 is 10.9. The predicted octanol–water partition coefficient (Wildman–Crippen LogP) is 3.77. The van der Waals surface area contributed by atoms with Crippen LogP contribution in [0.25, 0.3) is 11.1 Å². The van der Waals surface area contributed by atoms with Crippen LogP contribution in [-0.2, 0) is 11.2 Å². The van der Waals surface area contributed by atoms with E-state index in [1.165, 1.54) is 12.1 Å². The lowest BCUT2D eigenvalue weighted by Gasteiger charge is -2.21. The monoisotopic (exact) mass is 472 g/mol.